The molecule has 5 heteroatoms. The molecule has 1 aromatic heterocycles. The SMILES string of the molecule is CC(C)/C(=C/c1ccc(N2CCCCC2)s1)[N+](=O)[O-]. The van der Waals surface area contributed by atoms with Gasteiger partial charge in [0.2, 0.25) is 5.70 Å². The Morgan fingerprint density at radius 3 is 2.63 bits per heavy atom. The van der Waals surface area contributed by atoms with Gasteiger partial charge >= 0.3 is 0 Å². The second-order valence-corrected chi connectivity index (χ2v) is 6.30. The van der Waals surface area contributed by atoms with E-state index in [1.165, 1.54) is 24.3 Å². The summed E-state index contributed by atoms with van der Waals surface area (Å²) in [5, 5.41) is 12.2. The van der Waals surface area contributed by atoms with E-state index in [0.717, 1.165) is 18.0 Å². The van der Waals surface area contributed by atoms with E-state index in [0.29, 0.717) is 0 Å². The fourth-order valence-electron chi connectivity index (χ4n) is 2.28. The first-order chi connectivity index (χ1) is 9.08. The lowest BCUT2D eigenvalue weighted by atomic mass is 10.1. The van der Waals surface area contributed by atoms with Crippen molar-refractivity contribution in [1.82, 2.24) is 0 Å². The molecule has 1 saturated heterocycles. The second-order valence-electron chi connectivity index (χ2n) is 5.20. The molecule has 0 aromatic carbocycles. The molecule has 2 rings (SSSR count). The molecule has 0 amide bonds. The Morgan fingerprint density at radius 2 is 2.05 bits per heavy atom. The van der Waals surface area contributed by atoms with Crippen molar-refractivity contribution in [2.45, 2.75) is 33.1 Å². The molecule has 0 atom stereocenters. The summed E-state index contributed by atoms with van der Waals surface area (Å²) >= 11 is 1.65. The summed E-state index contributed by atoms with van der Waals surface area (Å²) in [4.78, 5) is 14.1. The topological polar surface area (TPSA) is 46.4 Å². The molecular formula is C14H20N2O2S. The van der Waals surface area contributed by atoms with E-state index in [2.05, 4.69) is 11.0 Å². The zero-order chi connectivity index (χ0) is 13.8. The zero-order valence-electron chi connectivity index (χ0n) is 11.5. The first-order valence-corrected chi connectivity index (χ1v) is 7.60. The Balaban J connectivity index is 2.15. The molecule has 0 spiro atoms. The van der Waals surface area contributed by atoms with E-state index in [9.17, 15) is 10.1 Å². The lowest BCUT2D eigenvalue weighted by Gasteiger charge is -2.27. The van der Waals surface area contributed by atoms with E-state index in [4.69, 9.17) is 0 Å². The van der Waals surface area contributed by atoms with Gasteiger partial charge in [-0.3, -0.25) is 10.1 Å². The summed E-state index contributed by atoms with van der Waals surface area (Å²) < 4.78 is 0. The highest BCUT2D eigenvalue weighted by Crippen LogP contribution is 2.30. The second kappa shape index (κ2) is 6.19. The van der Waals surface area contributed by atoms with Gasteiger partial charge in [-0.2, -0.15) is 0 Å². The van der Waals surface area contributed by atoms with Crippen LogP contribution in [-0.2, 0) is 0 Å². The van der Waals surface area contributed by atoms with E-state index < -0.39 is 0 Å². The van der Waals surface area contributed by atoms with Crippen molar-refractivity contribution in [2.75, 3.05) is 18.0 Å². The molecule has 0 bridgehead atoms. The van der Waals surface area contributed by atoms with Gasteiger partial charge in [0.1, 0.15) is 0 Å². The summed E-state index contributed by atoms with van der Waals surface area (Å²) in [7, 11) is 0. The number of rotatable bonds is 4. The molecule has 2 heterocycles. The van der Waals surface area contributed by atoms with Crippen LogP contribution in [-0.4, -0.2) is 18.0 Å². The van der Waals surface area contributed by atoms with Crippen molar-refractivity contribution in [3.05, 3.63) is 32.8 Å². The normalized spacial score (nSPS) is 17.0. The number of anilines is 1. The van der Waals surface area contributed by atoms with E-state index in [1.807, 2.05) is 19.9 Å². The fourth-order valence-corrected chi connectivity index (χ4v) is 3.28. The molecule has 19 heavy (non-hydrogen) atoms. The van der Waals surface area contributed by atoms with Crippen molar-refractivity contribution in [1.29, 1.82) is 0 Å². The van der Waals surface area contributed by atoms with Gasteiger partial charge in [-0.1, -0.05) is 13.8 Å². The van der Waals surface area contributed by atoms with Crippen LogP contribution in [0.2, 0.25) is 0 Å². The minimum Gasteiger partial charge on any atom is -0.363 e. The number of nitro groups is 1. The highest BCUT2D eigenvalue weighted by atomic mass is 32.1. The van der Waals surface area contributed by atoms with Crippen LogP contribution in [0.5, 0.6) is 0 Å². The summed E-state index contributed by atoms with van der Waals surface area (Å²) in [6.45, 7) is 5.92. The minimum absolute atomic E-state index is 0.0597. The molecule has 1 aromatic rings. The predicted octanol–water partition coefficient (Wildman–Crippen LogP) is 4.01. The number of piperidine rings is 1. The number of allylic oxidation sites excluding steroid dienone is 1. The van der Waals surface area contributed by atoms with Crippen LogP contribution < -0.4 is 4.90 Å². The van der Waals surface area contributed by atoms with Crippen LogP contribution in [0, 0.1) is 16.0 Å². The van der Waals surface area contributed by atoms with E-state index >= 15 is 0 Å². The predicted molar refractivity (Wildman–Crippen MR) is 80.2 cm³/mol. The number of nitrogens with zero attached hydrogens (tertiary/aromatic N) is 2. The molecular weight excluding hydrogens is 260 g/mol. The lowest BCUT2D eigenvalue weighted by Crippen LogP contribution is -2.28. The van der Waals surface area contributed by atoms with Crippen molar-refractivity contribution >= 4 is 22.4 Å². The highest BCUT2D eigenvalue weighted by molar-refractivity contribution is 7.16. The van der Waals surface area contributed by atoms with Crippen molar-refractivity contribution < 1.29 is 4.92 Å². The Hall–Kier alpha value is -1.36. The van der Waals surface area contributed by atoms with Crippen LogP contribution in [0.25, 0.3) is 6.08 Å². The Labute approximate surface area is 117 Å². The first kappa shape index (κ1) is 14.1. The van der Waals surface area contributed by atoms with Gasteiger partial charge < -0.3 is 4.90 Å². The Morgan fingerprint density at radius 1 is 1.37 bits per heavy atom. The summed E-state index contributed by atoms with van der Waals surface area (Å²) in [5.74, 6) is -0.0597. The highest BCUT2D eigenvalue weighted by Gasteiger charge is 2.17. The zero-order valence-corrected chi connectivity index (χ0v) is 12.3. The van der Waals surface area contributed by atoms with Gasteiger partial charge in [0, 0.05) is 30.0 Å². The third-order valence-corrected chi connectivity index (χ3v) is 4.47. The molecule has 0 saturated carbocycles. The van der Waals surface area contributed by atoms with Crippen molar-refractivity contribution in [3.8, 4) is 0 Å². The first-order valence-electron chi connectivity index (χ1n) is 6.78. The molecule has 104 valence electrons. The lowest BCUT2D eigenvalue weighted by molar-refractivity contribution is -0.431. The summed E-state index contributed by atoms with van der Waals surface area (Å²) in [6.07, 6.45) is 5.51. The maximum Gasteiger partial charge on any atom is 0.250 e. The van der Waals surface area contributed by atoms with Gasteiger partial charge in [-0.25, -0.2) is 0 Å². The smallest absolute Gasteiger partial charge is 0.250 e. The summed E-state index contributed by atoms with van der Waals surface area (Å²) in [5.41, 5.74) is 0.284. The van der Waals surface area contributed by atoms with Crippen LogP contribution in [0.3, 0.4) is 0 Å². The van der Waals surface area contributed by atoms with Gasteiger partial charge in [-0.15, -0.1) is 11.3 Å². The standard InChI is InChI=1S/C14H20N2O2S/c1-11(2)13(16(17)18)10-12-6-7-14(19-12)15-8-4-3-5-9-15/h6-7,10-11H,3-5,8-9H2,1-2H3/b13-10-. The van der Waals surface area contributed by atoms with Gasteiger partial charge in [0.05, 0.1) is 9.92 Å². The molecule has 1 fully saturated rings. The molecule has 4 nitrogen and oxygen atoms in total. The molecule has 0 aliphatic carbocycles. The number of thiophene rings is 1. The monoisotopic (exact) mass is 280 g/mol. The Kier molecular flexibility index (Phi) is 4.58. The third kappa shape index (κ3) is 3.56. The Bertz CT molecular complexity index is 474. The number of hydrogen-bond acceptors (Lipinski definition) is 4. The molecule has 0 unspecified atom stereocenters. The van der Waals surface area contributed by atoms with Crippen LogP contribution in [0.4, 0.5) is 5.00 Å². The van der Waals surface area contributed by atoms with Crippen LogP contribution in [0.1, 0.15) is 38.0 Å². The summed E-state index contributed by atoms with van der Waals surface area (Å²) in [6, 6.07) is 4.07. The van der Waals surface area contributed by atoms with Gasteiger partial charge in [-0.05, 0) is 31.4 Å². The van der Waals surface area contributed by atoms with E-state index in [-0.39, 0.29) is 16.5 Å². The van der Waals surface area contributed by atoms with Crippen molar-refractivity contribution in [3.63, 3.8) is 0 Å². The van der Waals surface area contributed by atoms with Crippen LogP contribution >= 0.6 is 11.3 Å². The van der Waals surface area contributed by atoms with Crippen LogP contribution in [0.15, 0.2) is 17.8 Å². The van der Waals surface area contributed by atoms with E-state index in [1.54, 1.807) is 17.4 Å². The largest absolute Gasteiger partial charge is 0.363 e. The average molecular weight is 280 g/mol. The minimum atomic E-state index is -0.273. The number of hydrogen-bond donors (Lipinski definition) is 0. The quantitative estimate of drug-likeness (QED) is 0.618. The van der Waals surface area contributed by atoms with Crippen molar-refractivity contribution in [2.24, 2.45) is 5.92 Å². The maximum atomic E-state index is 11.0. The maximum absolute atomic E-state index is 11.0. The molecule has 1 aliphatic rings. The fraction of sp³-hybridized carbons (Fsp3) is 0.571. The third-order valence-electron chi connectivity index (χ3n) is 3.37. The molecule has 1 aliphatic heterocycles. The molecule has 0 N–H and O–H groups in total. The molecule has 0 radical (unpaired) electrons. The van der Waals surface area contributed by atoms with Gasteiger partial charge in [0.15, 0.2) is 0 Å². The average Bonchev–Trinajstić information content (AvgIpc) is 2.85. The van der Waals surface area contributed by atoms with Gasteiger partial charge in [0.25, 0.3) is 0 Å².